The number of hydrogen-bond donors (Lipinski definition) is 1. The Kier molecular flexibility index (Phi) is 5.24. The van der Waals surface area contributed by atoms with E-state index < -0.39 is 0 Å². The molecule has 1 aromatic carbocycles. The number of benzene rings is 1. The summed E-state index contributed by atoms with van der Waals surface area (Å²) in [4.78, 5) is 4.39. The molecule has 0 saturated carbocycles. The maximum atomic E-state index is 5.99. The smallest absolute Gasteiger partial charge is 0.201 e. The number of nitrogens with zero attached hydrogens (tertiary/aromatic N) is 2. The first-order valence-electron chi connectivity index (χ1n) is 7.14. The Hall–Kier alpha value is -1.75. The monoisotopic (exact) mass is 277 g/mol. The van der Waals surface area contributed by atoms with E-state index in [9.17, 15) is 0 Å². The van der Waals surface area contributed by atoms with E-state index >= 15 is 0 Å². The molecule has 0 amide bonds. The summed E-state index contributed by atoms with van der Waals surface area (Å²) >= 11 is 0. The van der Waals surface area contributed by atoms with Crippen LogP contribution in [0.25, 0.3) is 11.0 Å². The zero-order valence-corrected chi connectivity index (χ0v) is 12.3. The minimum atomic E-state index is 0.526. The summed E-state index contributed by atoms with van der Waals surface area (Å²) in [5.41, 5.74) is 7.82. The highest BCUT2D eigenvalue weighted by Gasteiger charge is 2.11. The van der Waals surface area contributed by atoms with Crippen molar-refractivity contribution in [2.45, 2.75) is 32.7 Å². The Morgan fingerprint density at radius 2 is 2.05 bits per heavy atom. The third kappa shape index (κ3) is 3.22. The number of imidazole rings is 1. The number of ether oxygens (including phenoxy) is 2. The molecule has 0 aliphatic heterocycles. The molecule has 5 heteroatoms. The molecule has 0 unspecified atom stereocenters. The van der Waals surface area contributed by atoms with Crippen LogP contribution in [0, 0.1) is 0 Å². The number of unbranched alkanes of at least 4 members (excludes halogenated alkanes) is 1. The molecule has 0 aliphatic rings. The summed E-state index contributed by atoms with van der Waals surface area (Å²) in [6.45, 7) is 4.56. The number of anilines is 1. The molecule has 110 valence electrons. The van der Waals surface area contributed by atoms with Gasteiger partial charge in [-0.05, 0) is 25.0 Å². The number of methoxy groups -OCH3 is 1. The third-order valence-corrected chi connectivity index (χ3v) is 3.30. The normalized spacial score (nSPS) is 11.1. The van der Waals surface area contributed by atoms with Gasteiger partial charge in [0.1, 0.15) is 11.3 Å². The Morgan fingerprint density at radius 1 is 1.25 bits per heavy atom. The van der Waals surface area contributed by atoms with E-state index in [1.807, 2.05) is 22.8 Å². The van der Waals surface area contributed by atoms with E-state index in [1.165, 1.54) is 6.42 Å². The zero-order chi connectivity index (χ0) is 14.4. The van der Waals surface area contributed by atoms with Gasteiger partial charge in [-0.15, -0.1) is 0 Å². The average molecular weight is 277 g/mol. The molecular weight excluding hydrogens is 254 g/mol. The van der Waals surface area contributed by atoms with Crippen LogP contribution in [0.1, 0.15) is 26.2 Å². The quantitative estimate of drug-likeness (QED) is 0.754. The molecule has 0 aliphatic carbocycles. The number of fused-ring (bicyclic) bond motifs is 1. The van der Waals surface area contributed by atoms with Crippen LogP contribution in [0.4, 0.5) is 5.95 Å². The molecule has 0 saturated heterocycles. The van der Waals surface area contributed by atoms with Crippen molar-refractivity contribution in [3.8, 4) is 5.75 Å². The molecule has 2 rings (SSSR count). The van der Waals surface area contributed by atoms with E-state index in [0.717, 1.165) is 49.4 Å². The first kappa shape index (κ1) is 14.7. The van der Waals surface area contributed by atoms with Crippen molar-refractivity contribution in [3.63, 3.8) is 0 Å². The van der Waals surface area contributed by atoms with Crippen molar-refractivity contribution < 1.29 is 9.47 Å². The second-order valence-electron chi connectivity index (χ2n) is 4.77. The van der Waals surface area contributed by atoms with Crippen molar-refractivity contribution in [2.75, 3.05) is 26.1 Å². The van der Waals surface area contributed by atoms with Crippen LogP contribution in [-0.4, -0.2) is 29.9 Å². The van der Waals surface area contributed by atoms with Gasteiger partial charge in [0.25, 0.3) is 0 Å². The van der Waals surface area contributed by atoms with E-state index in [4.69, 9.17) is 15.2 Å². The fourth-order valence-electron chi connectivity index (χ4n) is 2.21. The highest BCUT2D eigenvalue weighted by molar-refractivity contribution is 5.84. The first-order chi connectivity index (χ1) is 9.77. The fourth-order valence-corrected chi connectivity index (χ4v) is 2.21. The molecule has 0 fully saturated rings. The van der Waals surface area contributed by atoms with Gasteiger partial charge >= 0.3 is 0 Å². The van der Waals surface area contributed by atoms with E-state index in [2.05, 4.69) is 11.9 Å². The van der Waals surface area contributed by atoms with Crippen LogP contribution in [0.5, 0.6) is 5.75 Å². The fraction of sp³-hybridized carbons (Fsp3) is 0.533. The lowest BCUT2D eigenvalue weighted by molar-refractivity contribution is 0.126. The molecule has 2 aromatic rings. The van der Waals surface area contributed by atoms with Gasteiger partial charge in [-0.3, -0.25) is 0 Å². The number of aromatic nitrogens is 2. The molecule has 5 nitrogen and oxygen atoms in total. The van der Waals surface area contributed by atoms with Gasteiger partial charge in [-0.1, -0.05) is 19.4 Å². The van der Waals surface area contributed by atoms with Gasteiger partial charge < -0.3 is 19.8 Å². The largest absolute Gasteiger partial charge is 0.494 e. The highest BCUT2D eigenvalue weighted by atomic mass is 16.5. The number of nitrogens with two attached hydrogens (primary N) is 1. The minimum Gasteiger partial charge on any atom is -0.494 e. The number of hydrogen-bond acceptors (Lipinski definition) is 4. The summed E-state index contributed by atoms with van der Waals surface area (Å²) in [6.07, 6.45) is 3.21. The summed E-state index contributed by atoms with van der Waals surface area (Å²) in [5.74, 6) is 1.28. The lowest BCUT2D eigenvalue weighted by Crippen LogP contribution is -2.06. The standard InChI is InChI=1S/C15H23N3O2/c1-3-4-10-20-11-6-9-18-12-7-5-8-13(19-2)14(12)17-15(18)16/h5,7-8H,3-4,6,9-11H2,1-2H3,(H2,16,17). The predicted molar refractivity (Wildman–Crippen MR) is 81.0 cm³/mol. The van der Waals surface area contributed by atoms with Gasteiger partial charge in [0.2, 0.25) is 5.95 Å². The number of rotatable bonds is 8. The van der Waals surface area contributed by atoms with Gasteiger partial charge in [0.15, 0.2) is 0 Å². The molecule has 1 aromatic heterocycles. The Balaban J connectivity index is 2.01. The van der Waals surface area contributed by atoms with Crippen molar-refractivity contribution in [1.82, 2.24) is 9.55 Å². The maximum Gasteiger partial charge on any atom is 0.201 e. The van der Waals surface area contributed by atoms with Gasteiger partial charge in [0, 0.05) is 19.8 Å². The van der Waals surface area contributed by atoms with Crippen molar-refractivity contribution in [3.05, 3.63) is 18.2 Å². The van der Waals surface area contributed by atoms with Gasteiger partial charge in [0.05, 0.1) is 12.6 Å². The van der Waals surface area contributed by atoms with Crippen molar-refractivity contribution in [2.24, 2.45) is 0 Å². The molecular formula is C15H23N3O2. The SMILES string of the molecule is CCCCOCCCn1c(N)nc2c(OC)cccc21. The zero-order valence-electron chi connectivity index (χ0n) is 12.3. The lowest BCUT2D eigenvalue weighted by Gasteiger charge is -2.07. The van der Waals surface area contributed by atoms with Crippen LogP contribution < -0.4 is 10.5 Å². The molecule has 1 heterocycles. The molecule has 2 N–H and O–H groups in total. The first-order valence-corrected chi connectivity index (χ1v) is 7.14. The third-order valence-electron chi connectivity index (χ3n) is 3.30. The van der Waals surface area contributed by atoms with Crippen LogP contribution in [0.2, 0.25) is 0 Å². The Labute approximate surface area is 119 Å². The topological polar surface area (TPSA) is 62.3 Å². The summed E-state index contributed by atoms with van der Waals surface area (Å²) in [5, 5.41) is 0. The van der Waals surface area contributed by atoms with Gasteiger partial charge in [-0.25, -0.2) is 4.98 Å². The van der Waals surface area contributed by atoms with Crippen LogP contribution in [-0.2, 0) is 11.3 Å². The molecule has 0 bridgehead atoms. The second-order valence-corrected chi connectivity index (χ2v) is 4.77. The Morgan fingerprint density at radius 3 is 2.80 bits per heavy atom. The molecule has 20 heavy (non-hydrogen) atoms. The van der Waals surface area contributed by atoms with E-state index in [-0.39, 0.29) is 0 Å². The highest BCUT2D eigenvalue weighted by Crippen LogP contribution is 2.26. The van der Waals surface area contributed by atoms with Gasteiger partial charge in [-0.2, -0.15) is 0 Å². The minimum absolute atomic E-state index is 0.526. The maximum absolute atomic E-state index is 5.99. The van der Waals surface area contributed by atoms with E-state index in [0.29, 0.717) is 5.95 Å². The summed E-state index contributed by atoms with van der Waals surface area (Å²) in [6, 6.07) is 5.86. The number of aryl methyl sites for hydroxylation is 1. The van der Waals surface area contributed by atoms with Crippen molar-refractivity contribution in [1.29, 1.82) is 0 Å². The number of para-hydroxylation sites is 1. The Bertz CT molecular complexity index is 551. The van der Waals surface area contributed by atoms with Crippen molar-refractivity contribution >= 4 is 17.0 Å². The van der Waals surface area contributed by atoms with E-state index in [1.54, 1.807) is 7.11 Å². The predicted octanol–water partition coefficient (Wildman–Crippen LogP) is 2.83. The molecule has 0 atom stereocenters. The molecule has 0 spiro atoms. The van der Waals surface area contributed by atoms with Crippen LogP contribution >= 0.6 is 0 Å². The van der Waals surface area contributed by atoms with Crippen LogP contribution in [0.3, 0.4) is 0 Å². The molecule has 0 radical (unpaired) electrons. The second kappa shape index (κ2) is 7.14. The summed E-state index contributed by atoms with van der Waals surface area (Å²) in [7, 11) is 1.64. The average Bonchev–Trinajstić information content (AvgIpc) is 2.78. The van der Waals surface area contributed by atoms with Crippen LogP contribution in [0.15, 0.2) is 18.2 Å². The lowest BCUT2D eigenvalue weighted by atomic mass is 10.3. The number of nitrogen functional groups attached to an aromatic ring is 1. The summed E-state index contributed by atoms with van der Waals surface area (Å²) < 4.78 is 12.9.